The van der Waals surface area contributed by atoms with Crippen LogP contribution in [0, 0.1) is 6.92 Å². The Morgan fingerprint density at radius 2 is 1.85 bits per heavy atom. The van der Waals surface area contributed by atoms with Crippen molar-refractivity contribution < 1.29 is 37.0 Å². The number of rotatable bonds is 6. The highest BCUT2D eigenvalue weighted by atomic mass is 19.4. The van der Waals surface area contributed by atoms with Gasteiger partial charge in [-0.05, 0) is 37.3 Å². The normalized spacial score (nSPS) is 11.3. The molecule has 0 aliphatic rings. The number of furan rings is 1. The highest BCUT2D eigenvalue weighted by molar-refractivity contribution is 5.94. The third-order valence-corrected chi connectivity index (χ3v) is 3.44. The molecule has 26 heavy (non-hydrogen) atoms. The van der Waals surface area contributed by atoms with Gasteiger partial charge in [0.05, 0.1) is 6.54 Å². The van der Waals surface area contributed by atoms with E-state index < -0.39 is 24.7 Å². The SMILES string of the molecule is Cc1oc(CN(C)C(=O)c2ccc(OCC(F)(F)F)cc2)cc1C(=O)O. The van der Waals surface area contributed by atoms with Crippen LogP contribution in [-0.2, 0) is 6.54 Å². The second kappa shape index (κ2) is 7.51. The first kappa shape index (κ1) is 19.4. The van der Waals surface area contributed by atoms with E-state index in [0.29, 0.717) is 5.76 Å². The number of carboxylic acids is 1. The quantitative estimate of drug-likeness (QED) is 0.841. The third-order valence-electron chi connectivity index (χ3n) is 3.44. The Kier molecular flexibility index (Phi) is 5.59. The number of nitrogens with zero attached hydrogens (tertiary/aromatic N) is 1. The first-order valence-electron chi connectivity index (χ1n) is 7.44. The second-order valence-electron chi connectivity index (χ2n) is 5.58. The van der Waals surface area contributed by atoms with Gasteiger partial charge in [0.25, 0.3) is 5.91 Å². The summed E-state index contributed by atoms with van der Waals surface area (Å²) in [6, 6.07) is 6.58. The number of hydrogen-bond donors (Lipinski definition) is 1. The molecule has 0 radical (unpaired) electrons. The molecule has 1 aromatic heterocycles. The summed E-state index contributed by atoms with van der Waals surface area (Å²) in [4.78, 5) is 24.7. The minimum atomic E-state index is -4.44. The fourth-order valence-corrected chi connectivity index (χ4v) is 2.22. The minimum absolute atomic E-state index is 0.00529. The topological polar surface area (TPSA) is 80.0 Å². The number of alkyl halides is 3. The molecule has 0 saturated heterocycles. The van der Waals surface area contributed by atoms with Gasteiger partial charge in [0.2, 0.25) is 0 Å². The molecular formula is C17H16F3NO5. The molecule has 140 valence electrons. The molecule has 1 amide bonds. The predicted octanol–water partition coefficient (Wildman–Crippen LogP) is 3.50. The van der Waals surface area contributed by atoms with Crippen molar-refractivity contribution in [2.45, 2.75) is 19.6 Å². The zero-order chi connectivity index (χ0) is 19.5. The highest BCUT2D eigenvalue weighted by Gasteiger charge is 2.28. The molecule has 0 spiro atoms. The van der Waals surface area contributed by atoms with Gasteiger partial charge in [-0.3, -0.25) is 4.79 Å². The average Bonchev–Trinajstić information content (AvgIpc) is 2.92. The smallest absolute Gasteiger partial charge is 0.422 e. The molecule has 0 unspecified atom stereocenters. The Balaban J connectivity index is 2.01. The Bertz CT molecular complexity index is 796. The van der Waals surface area contributed by atoms with E-state index in [0.717, 1.165) is 0 Å². The number of carbonyl (C=O) groups excluding carboxylic acids is 1. The number of benzene rings is 1. The number of carbonyl (C=O) groups is 2. The van der Waals surface area contributed by atoms with E-state index >= 15 is 0 Å². The highest BCUT2D eigenvalue weighted by Crippen LogP contribution is 2.20. The van der Waals surface area contributed by atoms with Gasteiger partial charge in [-0.1, -0.05) is 0 Å². The lowest BCUT2D eigenvalue weighted by Crippen LogP contribution is -2.26. The zero-order valence-corrected chi connectivity index (χ0v) is 14.0. The van der Waals surface area contributed by atoms with E-state index in [1.54, 1.807) is 0 Å². The van der Waals surface area contributed by atoms with Crippen molar-refractivity contribution in [3.63, 3.8) is 0 Å². The number of amides is 1. The molecular weight excluding hydrogens is 355 g/mol. The Labute approximate surface area is 146 Å². The second-order valence-corrected chi connectivity index (χ2v) is 5.58. The van der Waals surface area contributed by atoms with Crippen molar-refractivity contribution in [2.75, 3.05) is 13.7 Å². The lowest BCUT2D eigenvalue weighted by atomic mass is 10.2. The molecule has 1 heterocycles. The fourth-order valence-electron chi connectivity index (χ4n) is 2.22. The summed E-state index contributed by atoms with van der Waals surface area (Å²) < 4.78 is 46.2. The van der Waals surface area contributed by atoms with Crippen LogP contribution in [0.1, 0.15) is 32.2 Å². The van der Waals surface area contributed by atoms with Crippen LogP contribution in [0.15, 0.2) is 34.7 Å². The molecule has 2 aromatic rings. The van der Waals surface area contributed by atoms with Crippen LogP contribution in [0.4, 0.5) is 13.2 Å². The van der Waals surface area contributed by atoms with Crippen molar-refractivity contribution in [1.29, 1.82) is 0 Å². The molecule has 0 saturated carbocycles. The van der Waals surface area contributed by atoms with E-state index in [2.05, 4.69) is 4.74 Å². The average molecular weight is 371 g/mol. The first-order chi connectivity index (χ1) is 12.1. The van der Waals surface area contributed by atoms with Gasteiger partial charge in [0.1, 0.15) is 22.8 Å². The van der Waals surface area contributed by atoms with Gasteiger partial charge >= 0.3 is 12.1 Å². The summed E-state index contributed by atoms with van der Waals surface area (Å²) in [5, 5.41) is 9.00. The first-order valence-corrected chi connectivity index (χ1v) is 7.44. The van der Waals surface area contributed by atoms with Crippen LogP contribution in [0.5, 0.6) is 5.75 Å². The standard InChI is InChI=1S/C17H16F3NO5/c1-10-14(16(23)24)7-13(26-10)8-21(2)15(22)11-3-5-12(6-4-11)25-9-17(18,19)20/h3-7H,8-9H2,1-2H3,(H,23,24). The molecule has 0 fully saturated rings. The van der Waals surface area contributed by atoms with Crippen LogP contribution < -0.4 is 4.74 Å². The Morgan fingerprint density at radius 3 is 2.35 bits per heavy atom. The lowest BCUT2D eigenvalue weighted by molar-refractivity contribution is -0.153. The van der Waals surface area contributed by atoms with Crippen molar-refractivity contribution in [1.82, 2.24) is 4.90 Å². The third kappa shape index (κ3) is 5.01. The van der Waals surface area contributed by atoms with E-state index in [4.69, 9.17) is 9.52 Å². The van der Waals surface area contributed by atoms with Gasteiger partial charge in [-0.25, -0.2) is 4.79 Å². The summed E-state index contributed by atoms with van der Waals surface area (Å²) in [6.07, 6.45) is -4.44. The summed E-state index contributed by atoms with van der Waals surface area (Å²) in [7, 11) is 1.49. The van der Waals surface area contributed by atoms with E-state index in [-0.39, 0.29) is 29.2 Å². The number of hydrogen-bond acceptors (Lipinski definition) is 4. The number of aryl methyl sites for hydroxylation is 1. The Morgan fingerprint density at radius 1 is 1.23 bits per heavy atom. The number of carboxylic acid groups (broad SMARTS) is 1. The molecule has 2 rings (SSSR count). The van der Waals surface area contributed by atoms with Gasteiger partial charge < -0.3 is 19.2 Å². The number of halogens is 3. The monoisotopic (exact) mass is 371 g/mol. The van der Waals surface area contributed by atoms with Crippen LogP contribution in [0.25, 0.3) is 0 Å². The maximum atomic E-state index is 12.4. The summed E-state index contributed by atoms with van der Waals surface area (Å²) in [5.74, 6) is -0.992. The van der Waals surface area contributed by atoms with E-state index in [1.165, 1.54) is 49.2 Å². The van der Waals surface area contributed by atoms with Crippen molar-refractivity contribution >= 4 is 11.9 Å². The molecule has 1 N–H and O–H groups in total. The Hall–Kier alpha value is -2.97. The van der Waals surface area contributed by atoms with Gasteiger partial charge in [0, 0.05) is 12.6 Å². The summed E-state index contributed by atoms with van der Waals surface area (Å²) >= 11 is 0. The van der Waals surface area contributed by atoms with Crippen LogP contribution in [0.3, 0.4) is 0 Å². The van der Waals surface area contributed by atoms with Crippen LogP contribution in [0.2, 0.25) is 0 Å². The van der Waals surface area contributed by atoms with E-state index in [1.807, 2.05) is 0 Å². The molecule has 1 aromatic carbocycles. The van der Waals surface area contributed by atoms with E-state index in [9.17, 15) is 22.8 Å². The maximum absolute atomic E-state index is 12.4. The number of ether oxygens (including phenoxy) is 1. The van der Waals surface area contributed by atoms with Crippen molar-refractivity contribution in [3.8, 4) is 5.75 Å². The van der Waals surface area contributed by atoms with Crippen molar-refractivity contribution in [3.05, 3.63) is 53.0 Å². The predicted molar refractivity (Wildman–Crippen MR) is 84.2 cm³/mol. The molecule has 0 aliphatic carbocycles. The van der Waals surface area contributed by atoms with Crippen LogP contribution in [-0.4, -0.2) is 41.7 Å². The molecule has 6 nitrogen and oxygen atoms in total. The molecule has 0 bridgehead atoms. The van der Waals surface area contributed by atoms with Crippen molar-refractivity contribution in [2.24, 2.45) is 0 Å². The van der Waals surface area contributed by atoms with Crippen LogP contribution >= 0.6 is 0 Å². The van der Waals surface area contributed by atoms with Gasteiger partial charge in [-0.15, -0.1) is 0 Å². The largest absolute Gasteiger partial charge is 0.484 e. The molecule has 0 aliphatic heterocycles. The lowest BCUT2D eigenvalue weighted by Gasteiger charge is -2.16. The summed E-state index contributed by atoms with van der Waals surface area (Å²) in [5.41, 5.74) is 0.264. The van der Waals surface area contributed by atoms with Gasteiger partial charge in [0.15, 0.2) is 6.61 Å². The van der Waals surface area contributed by atoms with Gasteiger partial charge in [-0.2, -0.15) is 13.2 Å². The summed E-state index contributed by atoms with van der Waals surface area (Å²) in [6.45, 7) is 0.137. The fraction of sp³-hybridized carbons (Fsp3) is 0.294. The minimum Gasteiger partial charge on any atom is -0.484 e. The molecule has 0 atom stereocenters. The maximum Gasteiger partial charge on any atom is 0.422 e. The molecule has 9 heteroatoms. The number of aromatic carboxylic acids is 1. The zero-order valence-electron chi connectivity index (χ0n) is 14.0.